The maximum absolute atomic E-state index is 11.6. The van der Waals surface area contributed by atoms with Crippen molar-refractivity contribution in [3.05, 3.63) is 24.0 Å². The number of carbonyl (C=O) groups excluding carboxylic acids is 1. The Kier molecular flexibility index (Phi) is 3.51. The van der Waals surface area contributed by atoms with E-state index in [9.17, 15) is 13.2 Å². The van der Waals surface area contributed by atoms with Crippen LogP contribution in [0.5, 0.6) is 0 Å². The van der Waals surface area contributed by atoms with Crippen molar-refractivity contribution in [3.8, 4) is 0 Å². The van der Waals surface area contributed by atoms with Crippen LogP contribution >= 0.6 is 0 Å². The summed E-state index contributed by atoms with van der Waals surface area (Å²) in [7, 11) is -2.88. The van der Waals surface area contributed by atoms with Gasteiger partial charge in [-0.2, -0.15) is 0 Å². The summed E-state index contributed by atoms with van der Waals surface area (Å²) in [5.74, 6) is 0.299. The van der Waals surface area contributed by atoms with Crippen LogP contribution in [0.15, 0.2) is 18.5 Å². The zero-order valence-corrected chi connectivity index (χ0v) is 10.3. The Labute approximate surface area is 101 Å². The first-order valence-electron chi connectivity index (χ1n) is 5.64. The number of amides is 1. The molecule has 1 aliphatic rings. The molecular formula is C11H16N2O3S. The fourth-order valence-electron chi connectivity index (χ4n) is 2.04. The normalized spacial score (nSPS) is 22.5. The molecule has 1 saturated heterocycles. The molecule has 6 heteroatoms. The smallest absolute Gasteiger partial charge is 0.220 e. The number of carbonyl (C=O) groups is 1. The Bertz CT molecular complexity index is 479. The molecule has 1 amide bonds. The van der Waals surface area contributed by atoms with E-state index >= 15 is 0 Å². The largest absolute Gasteiger partial charge is 0.367 e. The minimum absolute atomic E-state index is 0.00813. The highest BCUT2D eigenvalue weighted by molar-refractivity contribution is 7.91. The van der Waals surface area contributed by atoms with Gasteiger partial charge in [-0.15, -0.1) is 0 Å². The lowest BCUT2D eigenvalue weighted by atomic mass is 10.1. The molecule has 0 spiro atoms. The molecule has 17 heavy (non-hydrogen) atoms. The van der Waals surface area contributed by atoms with Gasteiger partial charge in [-0.05, 0) is 24.0 Å². The lowest BCUT2D eigenvalue weighted by Gasteiger charge is -2.07. The van der Waals surface area contributed by atoms with Crippen molar-refractivity contribution in [1.29, 1.82) is 0 Å². The van der Waals surface area contributed by atoms with Gasteiger partial charge in [0.15, 0.2) is 9.84 Å². The summed E-state index contributed by atoms with van der Waals surface area (Å²) in [6, 6.07) is 1.89. The third-order valence-electron chi connectivity index (χ3n) is 2.95. The maximum atomic E-state index is 11.6. The number of rotatable bonds is 4. The zero-order valence-electron chi connectivity index (χ0n) is 9.48. The molecule has 2 N–H and O–H groups in total. The predicted octanol–water partition coefficient (Wildman–Crippen LogP) is 0.456. The summed E-state index contributed by atoms with van der Waals surface area (Å²) in [6.07, 6.45) is 4.54. The molecule has 0 saturated carbocycles. The SMILES string of the molecule is O=C(CC1CCS(=O)(=O)C1)NCc1cc[nH]c1. The topological polar surface area (TPSA) is 79.0 Å². The molecule has 2 heterocycles. The van der Waals surface area contributed by atoms with Gasteiger partial charge in [-0.3, -0.25) is 4.79 Å². The molecule has 94 valence electrons. The molecule has 1 fully saturated rings. The van der Waals surface area contributed by atoms with E-state index in [0.717, 1.165) is 5.56 Å². The first-order valence-corrected chi connectivity index (χ1v) is 7.46. The summed E-state index contributed by atoms with van der Waals surface area (Å²) in [5, 5.41) is 2.79. The highest BCUT2D eigenvalue weighted by atomic mass is 32.2. The van der Waals surface area contributed by atoms with Crippen molar-refractivity contribution in [1.82, 2.24) is 10.3 Å². The lowest BCUT2D eigenvalue weighted by Crippen LogP contribution is -2.25. The summed E-state index contributed by atoms with van der Waals surface area (Å²) >= 11 is 0. The van der Waals surface area contributed by atoms with Crippen LogP contribution in [0.3, 0.4) is 0 Å². The monoisotopic (exact) mass is 256 g/mol. The molecule has 5 nitrogen and oxygen atoms in total. The molecule has 1 atom stereocenters. The Morgan fingerprint density at radius 2 is 2.35 bits per heavy atom. The number of hydrogen-bond acceptors (Lipinski definition) is 3. The van der Waals surface area contributed by atoms with Gasteiger partial charge >= 0.3 is 0 Å². The first kappa shape index (κ1) is 12.2. The highest BCUT2D eigenvalue weighted by Crippen LogP contribution is 2.21. The average molecular weight is 256 g/mol. The zero-order chi connectivity index (χ0) is 12.3. The molecule has 1 unspecified atom stereocenters. The Morgan fingerprint density at radius 1 is 1.53 bits per heavy atom. The Hall–Kier alpha value is -1.30. The van der Waals surface area contributed by atoms with Gasteiger partial charge in [-0.1, -0.05) is 0 Å². The molecular weight excluding hydrogens is 240 g/mol. The van der Waals surface area contributed by atoms with Gasteiger partial charge < -0.3 is 10.3 Å². The van der Waals surface area contributed by atoms with Crippen LogP contribution in [0.1, 0.15) is 18.4 Å². The Morgan fingerprint density at radius 3 is 2.94 bits per heavy atom. The van der Waals surface area contributed by atoms with Gasteiger partial charge in [-0.25, -0.2) is 8.42 Å². The van der Waals surface area contributed by atoms with Crippen molar-refractivity contribution in [2.24, 2.45) is 5.92 Å². The minimum Gasteiger partial charge on any atom is -0.367 e. The van der Waals surface area contributed by atoms with Crippen LogP contribution in [-0.2, 0) is 21.2 Å². The number of aromatic amines is 1. The van der Waals surface area contributed by atoms with Crippen LogP contribution in [0.25, 0.3) is 0 Å². The summed E-state index contributed by atoms with van der Waals surface area (Å²) < 4.78 is 22.5. The van der Waals surface area contributed by atoms with E-state index in [-0.39, 0.29) is 23.3 Å². The van der Waals surface area contributed by atoms with E-state index in [1.807, 2.05) is 12.3 Å². The fraction of sp³-hybridized carbons (Fsp3) is 0.545. The first-order chi connectivity index (χ1) is 8.05. The quantitative estimate of drug-likeness (QED) is 0.821. The molecule has 0 aromatic carbocycles. The van der Waals surface area contributed by atoms with E-state index in [0.29, 0.717) is 19.4 Å². The van der Waals surface area contributed by atoms with Crippen LogP contribution in [0.4, 0.5) is 0 Å². The maximum Gasteiger partial charge on any atom is 0.220 e. The van der Waals surface area contributed by atoms with Crippen LogP contribution < -0.4 is 5.32 Å². The van der Waals surface area contributed by atoms with Crippen LogP contribution in [0.2, 0.25) is 0 Å². The fourth-order valence-corrected chi connectivity index (χ4v) is 3.90. The van der Waals surface area contributed by atoms with Crippen molar-refractivity contribution in [3.63, 3.8) is 0 Å². The van der Waals surface area contributed by atoms with Gasteiger partial charge in [0.1, 0.15) is 0 Å². The van der Waals surface area contributed by atoms with E-state index in [2.05, 4.69) is 10.3 Å². The second kappa shape index (κ2) is 4.91. The molecule has 2 rings (SSSR count). The standard InChI is InChI=1S/C11H16N2O3S/c14-11(13-7-10-1-3-12-6-10)5-9-2-4-17(15,16)8-9/h1,3,6,9,12H,2,4-5,7-8H2,(H,13,14). The molecule has 0 aliphatic carbocycles. The summed E-state index contributed by atoms with van der Waals surface area (Å²) in [6.45, 7) is 0.488. The van der Waals surface area contributed by atoms with Gasteiger partial charge in [0, 0.05) is 25.4 Å². The Balaban J connectivity index is 1.75. The number of aromatic nitrogens is 1. The molecule has 0 radical (unpaired) electrons. The van der Waals surface area contributed by atoms with Crippen molar-refractivity contribution in [2.75, 3.05) is 11.5 Å². The third kappa shape index (κ3) is 3.59. The lowest BCUT2D eigenvalue weighted by molar-refractivity contribution is -0.122. The predicted molar refractivity (Wildman–Crippen MR) is 64.0 cm³/mol. The highest BCUT2D eigenvalue weighted by Gasteiger charge is 2.29. The van der Waals surface area contributed by atoms with Crippen LogP contribution in [-0.4, -0.2) is 30.8 Å². The number of hydrogen-bond donors (Lipinski definition) is 2. The van der Waals surface area contributed by atoms with E-state index in [1.54, 1.807) is 6.20 Å². The van der Waals surface area contributed by atoms with Gasteiger partial charge in [0.05, 0.1) is 11.5 Å². The summed E-state index contributed by atoms with van der Waals surface area (Å²) in [5.41, 5.74) is 1.01. The minimum atomic E-state index is -2.88. The summed E-state index contributed by atoms with van der Waals surface area (Å²) in [4.78, 5) is 14.5. The number of H-pyrrole nitrogens is 1. The molecule has 1 aromatic heterocycles. The van der Waals surface area contributed by atoms with Gasteiger partial charge in [0.25, 0.3) is 0 Å². The number of nitrogens with one attached hydrogen (secondary N) is 2. The van der Waals surface area contributed by atoms with E-state index in [4.69, 9.17) is 0 Å². The third-order valence-corrected chi connectivity index (χ3v) is 4.79. The van der Waals surface area contributed by atoms with E-state index < -0.39 is 9.84 Å². The van der Waals surface area contributed by atoms with Crippen molar-refractivity contribution < 1.29 is 13.2 Å². The van der Waals surface area contributed by atoms with Crippen molar-refractivity contribution >= 4 is 15.7 Å². The molecule has 1 aliphatic heterocycles. The van der Waals surface area contributed by atoms with Crippen LogP contribution in [0, 0.1) is 5.92 Å². The average Bonchev–Trinajstić information content (AvgIpc) is 2.85. The van der Waals surface area contributed by atoms with Gasteiger partial charge in [0.2, 0.25) is 5.91 Å². The molecule has 1 aromatic rings. The van der Waals surface area contributed by atoms with E-state index in [1.165, 1.54) is 0 Å². The number of sulfone groups is 1. The second-order valence-corrected chi connectivity index (χ2v) is 6.70. The molecule has 0 bridgehead atoms. The second-order valence-electron chi connectivity index (χ2n) is 4.47. The van der Waals surface area contributed by atoms with Crippen molar-refractivity contribution in [2.45, 2.75) is 19.4 Å².